The van der Waals surface area contributed by atoms with Crippen molar-refractivity contribution in [2.45, 2.75) is 19.9 Å². The minimum atomic E-state index is -0.964. The van der Waals surface area contributed by atoms with Gasteiger partial charge in [-0.2, -0.15) is 5.26 Å². The number of imide groups is 1. The average Bonchev–Trinajstić information content (AvgIpc) is 2.81. The van der Waals surface area contributed by atoms with Gasteiger partial charge in [-0.15, -0.1) is 0 Å². The van der Waals surface area contributed by atoms with Crippen molar-refractivity contribution in [3.8, 4) is 6.07 Å². The van der Waals surface area contributed by atoms with Gasteiger partial charge in [-0.25, -0.2) is 4.79 Å². The van der Waals surface area contributed by atoms with Gasteiger partial charge >= 0.3 is 5.97 Å². The summed E-state index contributed by atoms with van der Waals surface area (Å²) in [5.41, 5.74) is 1.20. The second kappa shape index (κ2) is 7.11. The van der Waals surface area contributed by atoms with Crippen molar-refractivity contribution in [1.82, 2.24) is 4.90 Å². The Balaban J connectivity index is 2.21. The summed E-state index contributed by atoms with van der Waals surface area (Å²) in [5.74, 6) is -1.14. The van der Waals surface area contributed by atoms with Gasteiger partial charge in [-0.1, -0.05) is 12.1 Å². The predicted octanol–water partition coefficient (Wildman–Crippen LogP) is 2.55. The third-order valence-corrected chi connectivity index (χ3v) is 4.06. The second-order valence-electron chi connectivity index (χ2n) is 4.71. The maximum atomic E-state index is 12.3. The van der Waals surface area contributed by atoms with Crippen LogP contribution in [0.15, 0.2) is 29.2 Å². The number of esters is 1. The molecule has 0 spiro atoms. The van der Waals surface area contributed by atoms with E-state index in [1.807, 2.05) is 6.07 Å². The zero-order valence-electron chi connectivity index (χ0n) is 12.6. The Bertz CT molecular complexity index is 719. The van der Waals surface area contributed by atoms with Crippen LogP contribution in [0, 0.1) is 11.3 Å². The van der Waals surface area contributed by atoms with E-state index in [1.165, 1.54) is 6.92 Å². The standard InChI is InChI=1S/C16H14N2O4S/c1-3-22-15(20)10(2)18-14(19)13(23-16(18)21)8-11-4-6-12(9-17)7-5-11/h4-8,10H,3H2,1-2H3/b13-8-/t10-/m0/s1. The molecule has 0 aliphatic carbocycles. The molecule has 118 valence electrons. The number of benzene rings is 1. The van der Waals surface area contributed by atoms with Gasteiger partial charge in [0.05, 0.1) is 23.1 Å². The molecule has 1 heterocycles. The molecule has 0 radical (unpaired) electrons. The van der Waals surface area contributed by atoms with Crippen LogP contribution in [0.3, 0.4) is 0 Å². The first kappa shape index (κ1) is 16.8. The van der Waals surface area contributed by atoms with Gasteiger partial charge in [0.25, 0.3) is 11.1 Å². The van der Waals surface area contributed by atoms with Crippen LogP contribution in [0.4, 0.5) is 4.79 Å². The third-order valence-electron chi connectivity index (χ3n) is 3.18. The average molecular weight is 330 g/mol. The highest BCUT2D eigenvalue weighted by Crippen LogP contribution is 2.33. The number of nitriles is 1. The number of hydrogen-bond acceptors (Lipinski definition) is 6. The normalized spacial score (nSPS) is 17.3. The van der Waals surface area contributed by atoms with Crippen molar-refractivity contribution >= 4 is 35.0 Å². The molecule has 0 unspecified atom stereocenters. The second-order valence-corrected chi connectivity index (χ2v) is 5.71. The van der Waals surface area contributed by atoms with Gasteiger partial charge in [0, 0.05) is 0 Å². The van der Waals surface area contributed by atoms with Gasteiger partial charge in [0.2, 0.25) is 0 Å². The van der Waals surface area contributed by atoms with Crippen molar-refractivity contribution in [3.63, 3.8) is 0 Å². The van der Waals surface area contributed by atoms with Crippen molar-refractivity contribution in [3.05, 3.63) is 40.3 Å². The van der Waals surface area contributed by atoms with Crippen molar-refractivity contribution in [2.24, 2.45) is 0 Å². The molecule has 2 amide bonds. The van der Waals surface area contributed by atoms with E-state index in [0.717, 1.165) is 16.7 Å². The summed E-state index contributed by atoms with van der Waals surface area (Å²) in [6, 6.07) is 7.65. The Morgan fingerprint density at radius 2 is 2.04 bits per heavy atom. The molecular formula is C16H14N2O4S. The minimum absolute atomic E-state index is 0.181. The molecule has 0 aromatic heterocycles. The first-order valence-corrected chi connectivity index (χ1v) is 7.73. The Morgan fingerprint density at radius 3 is 2.61 bits per heavy atom. The van der Waals surface area contributed by atoms with Crippen LogP contribution in [0.1, 0.15) is 25.0 Å². The Morgan fingerprint density at radius 1 is 1.39 bits per heavy atom. The summed E-state index contributed by atoms with van der Waals surface area (Å²) < 4.78 is 4.85. The van der Waals surface area contributed by atoms with Crippen LogP contribution in [-0.2, 0) is 14.3 Å². The fraction of sp³-hybridized carbons (Fsp3) is 0.250. The van der Waals surface area contributed by atoms with Crippen LogP contribution >= 0.6 is 11.8 Å². The lowest BCUT2D eigenvalue weighted by molar-refractivity contribution is -0.150. The largest absolute Gasteiger partial charge is 0.464 e. The third kappa shape index (κ3) is 3.60. The Labute approximate surface area is 137 Å². The number of carbonyl (C=O) groups excluding carboxylic acids is 3. The highest BCUT2D eigenvalue weighted by atomic mass is 32.2. The fourth-order valence-electron chi connectivity index (χ4n) is 1.99. The van der Waals surface area contributed by atoms with E-state index in [2.05, 4.69) is 0 Å². The van der Waals surface area contributed by atoms with Crippen molar-refractivity contribution < 1.29 is 19.1 Å². The number of thioether (sulfide) groups is 1. The maximum Gasteiger partial charge on any atom is 0.329 e. The Kier molecular flexibility index (Phi) is 5.19. The number of amides is 2. The van der Waals surface area contributed by atoms with Crippen LogP contribution in [-0.4, -0.2) is 34.7 Å². The lowest BCUT2D eigenvalue weighted by Gasteiger charge is -2.19. The van der Waals surface area contributed by atoms with Gasteiger partial charge < -0.3 is 4.74 Å². The number of hydrogen-bond donors (Lipinski definition) is 0. The summed E-state index contributed by atoms with van der Waals surface area (Å²) in [6.07, 6.45) is 1.56. The summed E-state index contributed by atoms with van der Waals surface area (Å²) in [5, 5.41) is 8.26. The van der Waals surface area contributed by atoms with Crippen LogP contribution in [0.25, 0.3) is 6.08 Å². The van der Waals surface area contributed by atoms with E-state index < -0.39 is 23.2 Å². The van der Waals surface area contributed by atoms with Crippen molar-refractivity contribution in [2.75, 3.05) is 6.61 Å². The molecule has 7 heteroatoms. The molecule has 1 saturated heterocycles. The summed E-state index contributed by atoms with van der Waals surface area (Å²) in [6.45, 7) is 3.29. The van der Waals surface area contributed by atoms with Gasteiger partial charge in [-0.05, 0) is 49.4 Å². The quantitative estimate of drug-likeness (QED) is 0.623. The van der Waals surface area contributed by atoms with E-state index in [0.29, 0.717) is 11.1 Å². The highest BCUT2D eigenvalue weighted by Gasteiger charge is 2.41. The lowest BCUT2D eigenvalue weighted by atomic mass is 10.1. The predicted molar refractivity (Wildman–Crippen MR) is 85.1 cm³/mol. The molecule has 6 nitrogen and oxygen atoms in total. The zero-order chi connectivity index (χ0) is 17.0. The zero-order valence-corrected chi connectivity index (χ0v) is 13.4. The first-order valence-electron chi connectivity index (χ1n) is 6.91. The summed E-state index contributed by atoms with van der Waals surface area (Å²) in [4.78, 5) is 37.2. The summed E-state index contributed by atoms with van der Waals surface area (Å²) in [7, 11) is 0. The molecule has 0 bridgehead atoms. The number of nitrogens with zero attached hydrogens (tertiary/aromatic N) is 2. The molecule has 1 aromatic rings. The smallest absolute Gasteiger partial charge is 0.329 e. The van der Waals surface area contributed by atoms with E-state index >= 15 is 0 Å². The number of rotatable bonds is 4. The molecule has 0 N–H and O–H groups in total. The highest BCUT2D eigenvalue weighted by molar-refractivity contribution is 8.18. The van der Waals surface area contributed by atoms with Gasteiger partial charge in [-0.3, -0.25) is 14.5 Å². The van der Waals surface area contributed by atoms with Crippen molar-refractivity contribution in [1.29, 1.82) is 5.26 Å². The van der Waals surface area contributed by atoms with Crippen LogP contribution in [0.2, 0.25) is 0 Å². The minimum Gasteiger partial charge on any atom is -0.464 e. The molecule has 2 rings (SSSR count). The monoisotopic (exact) mass is 330 g/mol. The molecule has 1 atom stereocenters. The number of ether oxygens (including phenoxy) is 1. The molecule has 0 saturated carbocycles. The topological polar surface area (TPSA) is 87.5 Å². The van der Waals surface area contributed by atoms with E-state index in [4.69, 9.17) is 10.00 Å². The van der Waals surface area contributed by atoms with Gasteiger partial charge in [0.15, 0.2) is 0 Å². The first-order chi connectivity index (χ1) is 11.0. The van der Waals surface area contributed by atoms with E-state index in [1.54, 1.807) is 37.3 Å². The SMILES string of the molecule is CCOC(=O)[C@H](C)N1C(=O)S/C(=C\c2ccc(C#N)cc2)C1=O. The fourth-order valence-corrected chi connectivity index (χ4v) is 2.90. The van der Waals surface area contributed by atoms with E-state index in [-0.39, 0.29) is 11.5 Å². The lowest BCUT2D eigenvalue weighted by Crippen LogP contribution is -2.42. The van der Waals surface area contributed by atoms with Gasteiger partial charge in [0.1, 0.15) is 6.04 Å². The van der Waals surface area contributed by atoms with Crippen LogP contribution < -0.4 is 0 Å². The van der Waals surface area contributed by atoms with Crippen LogP contribution in [0.5, 0.6) is 0 Å². The maximum absolute atomic E-state index is 12.3. The molecular weight excluding hydrogens is 316 g/mol. The Hall–Kier alpha value is -2.59. The molecule has 1 fully saturated rings. The van der Waals surface area contributed by atoms with E-state index in [9.17, 15) is 14.4 Å². The molecule has 1 aromatic carbocycles. The molecule has 1 aliphatic rings. The summed E-state index contributed by atoms with van der Waals surface area (Å²) >= 11 is 0.776. The molecule has 23 heavy (non-hydrogen) atoms. The molecule has 1 aliphatic heterocycles. The number of carbonyl (C=O) groups is 3.